The van der Waals surface area contributed by atoms with E-state index in [1.54, 1.807) is 0 Å². The van der Waals surface area contributed by atoms with Crippen molar-refractivity contribution in [2.24, 2.45) is 0 Å². The van der Waals surface area contributed by atoms with E-state index in [1.807, 2.05) is 6.92 Å². The Labute approximate surface area is 70.5 Å². The van der Waals surface area contributed by atoms with Crippen LogP contribution in [0.3, 0.4) is 0 Å². The fourth-order valence-corrected chi connectivity index (χ4v) is 0.470. The first-order chi connectivity index (χ1) is 5.68. The molecule has 0 aliphatic carbocycles. The van der Waals surface area contributed by atoms with Crippen LogP contribution in [0.5, 0.6) is 0 Å². The molecule has 0 spiro atoms. The summed E-state index contributed by atoms with van der Waals surface area (Å²) in [5.41, 5.74) is 0. The van der Waals surface area contributed by atoms with Crippen LogP contribution in [0.15, 0.2) is 0 Å². The molecule has 0 aliphatic rings. The molecule has 0 radical (unpaired) electrons. The number of hydrogen-bond acceptors (Lipinski definition) is 3. The van der Waals surface area contributed by atoms with Crippen molar-refractivity contribution >= 4 is 11.9 Å². The summed E-state index contributed by atoms with van der Waals surface area (Å²) < 4.78 is 4.31. The fraction of sp³-hybridized carbons (Fsp3) is 0.500. The van der Waals surface area contributed by atoms with Gasteiger partial charge in [-0.1, -0.05) is 12.8 Å². The molecule has 0 fully saturated rings. The molecule has 66 valence electrons. The topological polar surface area (TPSA) is 63.6 Å². The maximum Gasteiger partial charge on any atom is 0.417 e. The molecule has 0 saturated heterocycles. The Morgan fingerprint density at radius 3 is 2.58 bits per heavy atom. The van der Waals surface area contributed by atoms with Gasteiger partial charge in [0.15, 0.2) is 0 Å². The van der Waals surface area contributed by atoms with Gasteiger partial charge in [-0.3, -0.25) is 0 Å². The Balaban J connectivity index is 3.44. The van der Waals surface area contributed by atoms with E-state index in [-0.39, 0.29) is 6.61 Å². The van der Waals surface area contributed by atoms with Crippen LogP contribution in [0.25, 0.3) is 0 Å². The Morgan fingerprint density at radius 2 is 2.08 bits per heavy atom. The van der Waals surface area contributed by atoms with E-state index in [0.717, 1.165) is 6.42 Å². The molecule has 0 bridgehead atoms. The van der Waals surface area contributed by atoms with E-state index in [0.29, 0.717) is 6.42 Å². The molecule has 0 saturated carbocycles. The van der Waals surface area contributed by atoms with Crippen LogP contribution in [0.4, 0.5) is 0 Å². The maximum absolute atomic E-state index is 10.3. The van der Waals surface area contributed by atoms with E-state index >= 15 is 0 Å². The minimum atomic E-state index is -1.57. The number of rotatable bonds is 2. The number of hydrogen-bond donors (Lipinski definition) is 1. The molecule has 1 N–H and O–H groups in total. The zero-order chi connectivity index (χ0) is 9.40. The van der Waals surface area contributed by atoms with E-state index in [9.17, 15) is 9.59 Å². The van der Waals surface area contributed by atoms with Crippen LogP contribution in [-0.2, 0) is 14.3 Å². The normalized spacial score (nSPS) is 8.08. The number of carbonyl (C=O) groups is 2. The zero-order valence-corrected chi connectivity index (χ0v) is 6.79. The van der Waals surface area contributed by atoms with Crippen LogP contribution in [0, 0.1) is 11.8 Å². The van der Waals surface area contributed by atoms with Gasteiger partial charge in [0.25, 0.3) is 0 Å². The lowest BCUT2D eigenvalue weighted by Gasteiger charge is -1.95. The van der Waals surface area contributed by atoms with Crippen molar-refractivity contribution in [2.75, 3.05) is 6.61 Å². The third kappa shape index (κ3) is 5.30. The minimum absolute atomic E-state index is 0.0398. The van der Waals surface area contributed by atoms with E-state index in [2.05, 4.69) is 16.6 Å². The average Bonchev–Trinajstić information content (AvgIpc) is 2.03. The molecule has 0 atom stereocenters. The third-order valence-electron chi connectivity index (χ3n) is 0.937. The minimum Gasteiger partial charge on any atom is -0.473 e. The third-order valence-corrected chi connectivity index (χ3v) is 0.937. The predicted octanol–water partition coefficient (Wildman–Crippen LogP) is 0.418. The lowest BCUT2D eigenvalue weighted by atomic mass is 10.4. The van der Waals surface area contributed by atoms with E-state index in [1.165, 1.54) is 0 Å². The van der Waals surface area contributed by atoms with Crippen LogP contribution in [0.1, 0.15) is 19.8 Å². The number of esters is 1. The second-order valence-electron chi connectivity index (χ2n) is 1.90. The van der Waals surface area contributed by atoms with E-state index < -0.39 is 11.9 Å². The Kier molecular flexibility index (Phi) is 5.45. The van der Waals surface area contributed by atoms with Crippen molar-refractivity contribution < 1.29 is 19.4 Å². The van der Waals surface area contributed by atoms with Crippen molar-refractivity contribution in [3.8, 4) is 11.8 Å². The number of carboxylic acids is 1. The second kappa shape index (κ2) is 6.23. The van der Waals surface area contributed by atoms with Gasteiger partial charge in [0.2, 0.25) is 0 Å². The maximum atomic E-state index is 10.3. The fourth-order valence-electron chi connectivity index (χ4n) is 0.470. The SMILES string of the molecule is CCC#CCCOC(=O)C(=O)O. The molecule has 0 amide bonds. The van der Waals surface area contributed by atoms with Crippen LogP contribution in [-0.4, -0.2) is 23.7 Å². The van der Waals surface area contributed by atoms with Gasteiger partial charge in [-0.15, -0.1) is 5.92 Å². The summed E-state index contributed by atoms with van der Waals surface area (Å²) >= 11 is 0. The molecule has 0 rings (SSSR count). The Hall–Kier alpha value is -1.50. The molecule has 0 aliphatic heterocycles. The average molecular weight is 170 g/mol. The lowest BCUT2D eigenvalue weighted by molar-refractivity contribution is -0.163. The van der Waals surface area contributed by atoms with E-state index in [4.69, 9.17) is 5.11 Å². The molecule has 0 heterocycles. The summed E-state index contributed by atoms with van der Waals surface area (Å²) in [6.45, 7) is 1.94. The summed E-state index contributed by atoms with van der Waals surface area (Å²) in [5.74, 6) is 2.67. The summed E-state index contributed by atoms with van der Waals surface area (Å²) in [5, 5.41) is 8.07. The molecule has 0 aromatic heterocycles. The van der Waals surface area contributed by atoms with Gasteiger partial charge in [-0.2, -0.15) is 0 Å². The zero-order valence-electron chi connectivity index (χ0n) is 6.79. The standard InChI is InChI=1S/C8H10O4/c1-2-3-4-5-6-12-8(11)7(9)10/h2,5-6H2,1H3,(H,9,10). The number of carboxylic acid groups (broad SMARTS) is 1. The van der Waals surface area contributed by atoms with Crippen molar-refractivity contribution in [2.45, 2.75) is 19.8 Å². The Bertz CT molecular complexity index is 221. The summed E-state index contributed by atoms with van der Waals surface area (Å²) in [6, 6.07) is 0. The molecule has 4 nitrogen and oxygen atoms in total. The highest BCUT2D eigenvalue weighted by Crippen LogP contribution is 1.83. The number of aliphatic carboxylic acids is 1. The first kappa shape index (κ1) is 10.5. The van der Waals surface area contributed by atoms with Gasteiger partial charge in [0.1, 0.15) is 6.61 Å². The van der Waals surface area contributed by atoms with Gasteiger partial charge >= 0.3 is 11.9 Å². The second-order valence-corrected chi connectivity index (χ2v) is 1.90. The first-order valence-electron chi connectivity index (χ1n) is 3.54. The van der Waals surface area contributed by atoms with Gasteiger partial charge in [0, 0.05) is 12.8 Å². The molecular formula is C8H10O4. The smallest absolute Gasteiger partial charge is 0.417 e. The lowest BCUT2D eigenvalue weighted by Crippen LogP contribution is -2.16. The van der Waals surface area contributed by atoms with Crippen molar-refractivity contribution in [3.05, 3.63) is 0 Å². The highest BCUT2D eigenvalue weighted by atomic mass is 16.6. The van der Waals surface area contributed by atoms with Crippen LogP contribution >= 0.6 is 0 Å². The summed E-state index contributed by atoms with van der Waals surface area (Å²) in [4.78, 5) is 20.2. The molecular weight excluding hydrogens is 160 g/mol. The van der Waals surface area contributed by atoms with Gasteiger partial charge < -0.3 is 9.84 Å². The van der Waals surface area contributed by atoms with Crippen LogP contribution in [0.2, 0.25) is 0 Å². The van der Waals surface area contributed by atoms with Gasteiger partial charge in [-0.25, -0.2) is 9.59 Å². The van der Waals surface area contributed by atoms with Gasteiger partial charge in [-0.05, 0) is 0 Å². The first-order valence-corrected chi connectivity index (χ1v) is 3.54. The van der Waals surface area contributed by atoms with Crippen molar-refractivity contribution in [1.82, 2.24) is 0 Å². The highest BCUT2D eigenvalue weighted by molar-refractivity contribution is 6.28. The summed E-state index contributed by atoms with van der Waals surface area (Å²) in [6.07, 6.45) is 1.12. The number of ether oxygens (including phenoxy) is 1. The monoisotopic (exact) mass is 170 g/mol. The molecule has 0 unspecified atom stereocenters. The van der Waals surface area contributed by atoms with Gasteiger partial charge in [0.05, 0.1) is 0 Å². The van der Waals surface area contributed by atoms with Crippen molar-refractivity contribution in [1.29, 1.82) is 0 Å². The molecule has 0 aromatic rings. The predicted molar refractivity (Wildman–Crippen MR) is 41.3 cm³/mol. The molecule has 0 aromatic carbocycles. The largest absolute Gasteiger partial charge is 0.473 e. The molecule has 12 heavy (non-hydrogen) atoms. The highest BCUT2D eigenvalue weighted by Gasteiger charge is 2.11. The number of carbonyl (C=O) groups excluding carboxylic acids is 1. The quantitative estimate of drug-likeness (QED) is 0.282. The van der Waals surface area contributed by atoms with Crippen LogP contribution < -0.4 is 0 Å². The Morgan fingerprint density at radius 1 is 1.42 bits per heavy atom. The summed E-state index contributed by atoms with van der Waals surface area (Å²) in [7, 11) is 0. The molecule has 4 heteroatoms. The van der Waals surface area contributed by atoms with Crippen molar-refractivity contribution in [3.63, 3.8) is 0 Å².